The van der Waals surface area contributed by atoms with Crippen LogP contribution in [0.15, 0.2) is 54.6 Å². The minimum atomic E-state index is -0.620. The Morgan fingerprint density at radius 3 is 2.32 bits per heavy atom. The van der Waals surface area contributed by atoms with Crippen molar-refractivity contribution in [2.24, 2.45) is 17.8 Å². The summed E-state index contributed by atoms with van der Waals surface area (Å²) >= 11 is 0. The van der Waals surface area contributed by atoms with E-state index in [2.05, 4.69) is 40.1 Å². The van der Waals surface area contributed by atoms with Crippen LogP contribution < -0.4 is 0 Å². The van der Waals surface area contributed by atoms with Gasteiger partial charge in [-0.15, -0.1) is 0 Å². The van der Waals surface area contributed by atoms with E-state index in [1.165, 1.54) is 56.1 Å². The van der Waals surface area contributed by atoms with Gasteiger partial charge < -0.3 is 10.0 Å². The van der Waals surface area contributed by atoms with Crippen molar-refractivity contribution in [3.05, 3.63) is 71.5 Å². The predicted molar refractivity (Wildman–Crippen MR) is 151 cm³/mol. The maximum absolute atomic E-state index is 13.2. The van der Waals surface area contributed by atoms with Crippen molar-refractivity contribution in [3.8, 4) is 0 Å². The highest BCUT2D eigenvalue weighted by Crippen LogP contribution is 2.38. The Labute approximate surface area is 228 Å². The standard InChI is InChI=1S/C33H45FN2O2/c34-30-16-14-25(15-17-30)8-7-9-26-18-20-35(21-19-26)22-29-23-36(24-31(29)27-10-3-1-4-11-27)32(33(37)38)28-12-5-2-6-13-28/h1,3-4,10-11,14-17,26,28-29,31-32H,2,5-9,12-13,18-24H2,(H,37,38)/t29-,31+,32+/m0/s1. The van der Waals surface area contributed by atoms with Gasteiger partial charge in [0.15, 0.2) is 0 Å². The number of hydrogen-bond donors (Lipinski definition) is 1. The second-order valence-corrected chi connectivity index (χ2v) is 12.2. The Kier molecular flexibility index (Phi) is 9.50. The third-order valence-electron chi connectivity index (χ3n) is 9.63. The van der Waals surface area contributed by atoms with Crippen LogP contribution >= 0.6 is 0 Å². The number of likely N-dealkylation sites (tertiary alicyclic amines) is 2. The van der Waals surface area contributed by atoms with Crippen LogP contribution in [0.25, 0.3) is 0 Å². The molecule has 2 aromatic carbocycles. The van der Waals surface area contributed by atoms with Crippen LogP contribution in [-0.2, 0) is 11.2 Å². The van der Waals surface area contributed by atoms with E-state index in [4.69, 9.17) is 0 Å². The van der Waals surface area contributed by atoms with Gasteiger partial charge in [-0.25, -0.2) is 4.39 Å². The molecule has 0 unspecified atom stereocenters. The molecule has 0 amide bonds. The number of carbonyl (C=O) groups is 1. The molecule has 5 heteroatoms. The summed E-state index contributed by atoms with van der Waals surface area (Å²) in [5, 5.41) is 10.3. The largest absolute Gasteiger partial charge is 0.480 e. The molecule has 3 aliphatic rings. The highest BCUT2D eigenvalue weighted by molar-refractivity contribution is 5.74. The molecule has 0 radical (unpaired) electrons. The Morgan fingerprint density at radius 2 is 1.63 bits per heavy atom. The Hall–Kier alpha value is -2.24. The van der Waals surface area contributed by atoms with Crippen LogP contribution in [-0.4, -0.2) is 59.6 Å². The fraction of sp³-hybridized carbons (Fsp3) is 0.606. The van der Waals surface area contributed by atoms with Crippen molar-refractivity contribution in [1.82, 2.24) is 9.80 Å². The van der Waals surface area contributed by atoms with Crippen LogP contribution in [0.4, 0.5) is 4.39 Å². The molecule has 2 heterocycles. The highest BCUT2D eigenvalue weighted by Gasteiger charge is 2.43. The predicted octanol–water partition coefficient (Wildman–Crippen LogP) is 6.61. The summed E-state index contributed by atoms with van der Waals surface area (Å²) < 4.78 is 13.2. The Balaban J connectivity index is 1.16. The van der Waals surface area contributed by atoms with Crippen molar-refractivity contribution in [2.45, 2.75) is 76.2 Å². The monoisotopic (exact) mass is 520 g/mol. The molecule has 38 heavy (non-hydrogen) atoms. The molecular weight excluding hydrogens is 475 g/mol. The zero-order chi connectivity index (χ0) is 26.3. The van der Waals surface area contributed by atoms with Crippen molar-refractivity contribution in [1.29, 1.82) is 0 Å². The van der Waals surface area contributed by atoms with E-state index in [9.17, 15) is 14.3 Å². The van der Waals surface area contributed by atoms with Crippen LogP contribution in [0, 0.1) is 23.6 Å². The average Bonchev–Trinajstić information content (AvgIpc) is 3.34. The van der Waals surface area contributed by atoms with E-state index in [0.717, 1.165) is 57.9 Å². The zero-order valence-electron chi connectivity index (χ0n) is 22.8. The fourth-order valence-electron chi connectivity index (χ4n) is 7.54. The number of aryl methyl sites for hydroxylation is 1. The van der Waals surface area contributed by atoms with Gasteiger partial charge in [-0.3, -0.25) is 9.69 Å². The molecule has 2 aliphatic heterocycles. The van der Waals surface area contributed by atoms with Crippen LogP contribution in [0.3, 0.4) is 0 Å². The van der Waals surface area contributed by atoms with Crippen molar-refractivity contribution >= 4 is 5.97 Å². The number of rotatable bonds is 10. The molecule has 2 aromatic rings. The molecule has 3 atom stereocenters. The third-order valence-corrected chi connectivity index (χ3v) is 9.63. The molecule has 4 nitrogen and oxygen atoms in total. The minimum absolute atomic E-state index is 0.159. The van der Waals surface area contributed by atoms with Gasteiger partial charge in [0.2, 0.25) is 0 Å². The molecule has 0 bridgehead atoms. The maximum Gasteiger partial charge on any atom is 0.321 e. The second kappa shape index (κ2) is 13.2. The second-order valence-electron chi connectivity index (χ2n) is 12.2. The van der Waals surface area contributed by atoms with E-state index in [1.807, 2.05) is 12.1 Å². The minimum Gasteiger partial charge on any atom is -0.480 e. The van der Waals surface area contributed by atoms with Gasteiger partial charge in [-0.05, 0) is 92.6 Å². The summed E-state index contributed by atoms with van der Waals surface area (Å²) in [6.45, 7) is 5.11. The van der Waals surface area contributed by atoms with Crippen LogP contribution in [0.5, 0.6) is 0 Å². The summed E-state index contributed by atoms with van der Waals surface area (Å²) in [7, 11) is 0. The first kappa shape index (κ1) is 27.3. The van der Waals surface area contributed by atoms with E-state index in [-0.39, 0.29) is 11.9 Å². The normalized spacial score (nSPS) is 25.0. The lowest BCUT2D eigenvalue weighted by Crippen LogP contribution is -2.46. The number of nitrogens with zero attached hydrogens (tertiary/aromatic N) is 2. The molecule has 2 saturated heterocycles. The first-order chi connectivity index (χ1) is 18.6. The van der Waals surface area contributed by atoms with Gasteiger partial charge in [0.1, 0.15) is 11.9 Å². The molecule has 3 fully saturated rings. The number of aliphatic carboxylic acids is 1. The van der Waals surface area contributed by atoms with Gasteiger partial charge >= 0.3 is 5.97 Å². The summed E-state index contributed by atoms with van der Waals surface area (Å²) in [6.07, 6.45) is 11.7. The van der Waals surface area contributed by atoms with E-state index in [1.54, 1.807) is 12.1 Å². The van der Waals surface area contributed by atoms with E-state index in [0.29, 0.717) is 17.8 Å². The smallest absolute Gasteiger partial charge is 0.321 e. The molecular formula is C33H45FN2O2. The lowest BCUT2D eigenvalue weighted by molar-refractivity contribution is -0.145. The number of carboxylic acid groups (broad SMARTS) is 1. The lowest BCUT2D eigenvalue weighted by Gasteiger charge is -2.35. The SMILES string of the molecule is O=C(O)[C@@H](C1CCCCC1)N1C[C@H](CN2CCC(CCCc3ccc(F)cc3)CC2)[C@@H](c2ccccc2)C1. The molecule has 1 N–H and O–H groups in total. The molecule has 0 spiro atoms. The summed E-state index contributed by atoms with van der Waals surface area (Å²) in [6, 6.07) is 17.4. The van der Waals surface area contributed by atoms with Crippen LogP contribution in [0.1, 0.15) is 74.8 Å². The summed E-state index contributed by atoms with van der Waals surface area (Å²) in [4.78, 5) is 17.5. The van der Waals surface area contributed by atoms with Gasteiger partial charge in [0.25, 0.3) is 0 Å². The van der Waals surface area contributed by atoms with E-state index < -0.39 is 5.97 Å². The van der Waals surface area contributed by atoms with Crippen molar-refractivity contribution in [3.63, 3.8) is 0 Å². The molecule has 0 aromatic heterocycles. The summed E-state index contributed by atoms with van der Waals surface area (Å²) in [5.41, 5.74) is 2.60. The van der Waals surface area contributed by atoms with E-state index >= 15 is 0 Å². The van der Waals surface area contributed by atoms with Crippen molar-refractivity contribution in [2.75, 3.05) is 32.7 Å². The van der Waals surface area contributed by atoms with Gasteiger partial charge in [-0.2, -0.15) is 0 Å². The number of hydrogen-bond acceptors (Lipinski definition) is 3. The van der Waals surface area contributed by atoms with Crippen molar-refractivity contribution < 1.29 is 14.3 Å². The molecule has 206 valence electrons. The summed E-state index contributed by atoms with van der Waals surface area (Å²) in [5.74, 6) is 1.16. The lowest BCUT2D eigenvalue weighted by atomic mass is 9.83. The van der Waals surface area contributed by atoms with Crippen LogP contribution in [0.2, 0.25) is 0 Å². The highest BCUT2D eigenvalue weighted by atomic mass is 19.1. The average molecular weight is 521 g/mol. The maximum atomic E-state index is 13.2. The number of carboxylic acids is 1. The number of piperidine rings is 1. The molecule has 1 aliphatic carbocycles. The van der Waals surface area contributed by atoms with Gasteiger partial charge in [0.05, 0.1) is 0 Å². The third kappa shape index (κ3) is 7.04. The first-order valence-electron chi connectivity index (χ1n) is 15.1. The first-order valence-corrected chi connectivity index (χ1v) is 15.1. The molecule has 1 saturated carbocycles. The Morgan fingerprint density at radius 1 is 0.921 bits per heavy atom. The Bertz CT molecular complexity index is 999. The number of benzene rings is 2. The topological polar surface area (TPSA) is 43.8 Å². The quantitative estimate of drug-likeness (QED) is 0.383. The van der Waals surface area contributed by atoms with Gasteiger partial charge in [-0.1, -0.05) is 68.1 Å². The van der Waals surface area contributed by atoms with Gasteiger partial charge in [0, 0.05) is 25.6 Å². The zero-order valence-corrected chi connectivity index (χ0v) is 22.8. The fourth-order valence-corrected chi connectivity index (χ4v) is 7.54. The molecule has 5 rings (SSSR count). The number of halogens is 1.